The van der Waals surface area contributed by atoms with Gasteiger partial charge in [-0.05, 0) is 112 Å². The first-order chi connectivity index (χ1) is 10.6. The highest BCUT2D eigenvalue weighted by Gasteiger charge is 2.73. The smallest absolute Gasteiger partial charge is 0.0969 e. The summed E-state index contributed by atoms with van der Waals surface area (Å²) in [5, 5.41) is 23.7. The summed E-state index contributed by atoms with van der Waals surface area (Å²) in [6.07, 6.45) is 12.3. The van der Waals surface area contributed by atoms with Gasteiger partial charge in [-0.2, -0.15) is 0 Å². The van der Waals surface area contributed by atoms with E-state index in [0.29, 0.717) is 11.8 Å². The standard InChI is InChI=1S/C20H30O2/c21-19(9-13-3-1-11-5-7-15(19)17(11)13)20(22)10-14-4-2-12-6-8-16(20)18(12)14/h11-18,21-22H,1-10H2/t11-,12-,13-,14-,15-,16+,17+,18+,19-,20-/m0/s1. The van der Waals surface area contributed by atoms with Gasteiger partial charge >= 0.3 is 0 Å². The van der Waals surface area contributed by atoms with Crippen LogP contribution in [-0.2, 0) is 0 Å². The number of hydrogen-bond donors (Lipinski definition) is 2. The molecule has 0 bridgehead atoms. The van der Waals surface area contributed by atoms with Crippen LogP contribution in [0.1, 0.15) is 64.2 Å². The van der Waals surface area contributed by atoms with Gasteiger partial charge in [0.15, 0.2) is 0 Å². The first-order valence-electron chi connectivity index (χ1n) is 10.1. The van der Waals surface area contributed by atoms with E-state index in [0.717, 1.165) is 48.3 Å². The summed E-state index contributed by atoms with van der Waals surface area (Å²) in [5.41, 5.74) is -1.47. The Balaban J connectivity index is 1.41. The van der Waals surface area contributed by atoms with E-state index in [1.807, 2.05) is 0 Å². The second-order valence-electron chi connectivity index (χ2n) is 9.97. The van der Waals surface area contributed by atoms with Gasteiger partial charge in [-0.3, -0.25) is 0 Å². The summed E-state index contributed by atoms with van der Waals surface area (Å²) in [6.45, 7) is 0. The molecular weight excluding hydrogens is 272 g/mol. The molecule has 0 aromatic rings. The summed E-state index contributed by atoms with van der Waals surface area (Å²) in [7, 11) is 0. The average molecular weight is 302 g/mol. The molecule has 6 fully saturated rings. The zero-order valence-corrected chi connectivity index (χ0v) is 13.6. The highest BCUT2D eigenvalue weighted by Crippen LogP contribution is 2.71. The number of rotatable bonds is 1. The van der Waals surface area contributed by atoms with Crippen LogP contribution in [0.4, 0.5) is 0 Å². The van der Waals surface area contributed by atoms with Crippen LogP contribution in [-0.4, -0.2) is 21.4 Å². The summed E-state index contributed by atoms with van der Waals surface area (Å²) in [6, 6.07) is 0. The molecule has 2 N–H and O–H groups in total. The summed E-state index contributed by atoms with van der Waals surface area (Å²) in [4.78, 5) is 0. The number of hydrogen-bond acceptors (Lipinski definition) is 2. The normalized spacial score (nSPS) is 67.9. The maximum Gasteiger partial charge on any atom is 0.0969 e. The SMILES string of the molecule is O[C@@]1([C@]2(O)C[C@@H]3CC[C@H]4CC[C@H]2[C@H]43)C[C@@H]2CC[C@H]3CC[C@@H]1[C@H]32. The Bertz CT molecular complexity index is 472. The lowest BCUT2D eigenvalue weighted by atomic mass is 9.67. The van der Waals surface area contributed by atoms with Crippen LogP contribution in [0.3, 0.4) is 0 Å². The van der Waals surface area contributed by atoms with E-state index >= 15 is 0 Å². The molecule has 22 heavy (non-hydrogen) atoms. The second kappa shape index (κ2) is 3.94. The fraction of sp³-hybridized carbons (Fsp3) is 1.00. The maximum absolute atomic E-state index is 11.9. The van der Waals surface area contributed by atoms with Gasteiger partial charge in [-0.25, -0.2) is 0 Å². The van der Waals surface area contributed by atoms with Crippen molar-refractivity contribution >= 4 is 0 Å². The predicted octanol–water partition coefficient (Wildman–Crippen LogP) is 3.36. The third-order valence-electron chi connectivity index (χ3n) is 9.74. The lowest BCUT2D eigenvalue weighted by Crippen LogP contribution is -2.59. The molecular formula is C20H30O2. The van der Waals surface area contributed by atoms with Crippen LogP contribution in [0.2, 0.25) is 0 Å². The first kappa shape index (κ1) is 13.2. The molecule has 122 valence electrons. The fourth-order valence-electron chi connectivity index (χ4n) is 9.24. The first-order valence-corrected chi connectivity index (χ1v) is 10.1. The van der Waals surface area contributed by atoms with Gasteiger partial charge in [0.25, 0.3) is 0 Å². The molecule has 0 heterocycles. The largest absolute Gasteiger partial charge is 0.387 e. The van der Waals surface area contributed by atoms with Gasteiger partial charge in [0.1, 0.15) is 0 Å². The molecule has 0 aromatic heterocycles. The zero-order chi connectivity index (χ0) is 14.7. The molecule has 6 rings (SSSR count). The Kier molecular flexibility index (Phi) is 2.37. The minimum Gasteiger partial charge on any atom is -0.387 e. The molecule has 0 amide bonds. The van der Waals surface area contributed by atoms with Gasteiger partial charge in [0.2, 0.25) is 0 Å². The van der Waals surface area contributed by atoms with Crippen LogP contribution in [0.25, 0.3) is 0 Å². The van der Waals surface area contributed by atoms with Crippen molar-refractivity contribution in [2.45, 2.75) is 75.4 Å². The van der Waals surface area contributed by atoms with Crippen molar-refractivity contribution in [2.75, 3.05) is 0 Å². The van der Waals surface area contributed by atoms with E-state index in [-0.39, 0.29) is 0 Å². The van der Waals surface area contributed by atoms with Crippen LogP contribution < -0.4 is 0 Å². The lowest BCUT2D eigenvalue weighted by molar-refractivity contribution is -0.194. The highest BCUT2D eigenvalue weighted by atomic mass is 16.4. The number of aliphatic hydroxyl groups is 2. The highest BCUT2D eigenvalue weighted by molar-refractivity contribution is 5.23. The minimum atomic E-state index is -0.735. The third kappa shape index (κ3) is 1.27. The Morgan fingerprint density at radius 1 is 0.500 bits per heavy atom. The van der Waals surface area contributed by atoms with Crippen molar-refractivity contribution in [3.05, 3.63) is 0 Å². The topological polar surface area (TPSA) is 40.5 Å². The van der Waals surface area contributed by atoms with Crippen LogP contribution in [0.5, 0.6) is 0 Å². The van der Waals surface area contributed by atoms with Crippen molar-refractivity contribution in [1.82, 2.24) is 0 Å². The molecule has 0 spiro atoms. The Hall–Kier alpha value is -0.0800. The quantitative estimate of drug-likeness (QED) is 0.780. The molecule has 0 unspecified atom stereocenters. The van der Waals surface area contributed by atoms with Gasteiger partial charge < -0.3 is 10.2 Å². The van der Waals surface area contributed by atoms with E-state index in [1.165, 1.54) is 51.4 Å². The van der Waals surface area contributed by atoms with Gasteiger partial charge in [-0.15, -0.1) is 0 Å². The third-order valence-corrected chi connectivity index (χ3v) is 9.74. The fourth-order valence-corrected chi connectivity index (χ4v) is 9.24. The summed E-state index contributed by atoms with van der Waals surface area (Å²) in [5.74, 6) is 5.57. The molecule has 6 aliphatic rings. The zero-order valence-electron chi connectivity index (χ0n) is 13.6. The Labute approximate surface area is 133 Å². The van der Waals surface area contributed by atoms with Crippen molar-refractivity contribution in [2.24, 2.45) is 47.3 Å². The molecule has 10 atom stereocenters. The van der Waals surface area contributed by atoms with Gasteiger partial charge in [0, 0.05) is 0 Å². The van der Waals surface area contributed by atoms with Crippen molar-refractivity contribution in [3.63, 3.8) is 0 Å². The Morgan fingerprint density at radius 2 is 0.864 bits per heavy atom. The molecule has 2 heteroatoms. The molecule has 0 aliphatic heterocycles. The molecule has 6 saturated carbocycles. The minimum absolute atomic E-state index is 0.424. The Morgan fingerprint density at radius 3 is 1.32 bits per heavy atom. The molecule has 0 radical (unpaired) electrons. The van der Waals surface area contributed by atoms with E-state index in [1.54, 1.807) is 0 Å². The van der Waals surface area contributed by atoms with Crippen LogP contribution in [0.15, 0.2) is 0 Å². The van der Waals surface area contributed by atoms with E-state index < -0.39 is 11.2 Å². The summed E-state index contributed by atoms with van der Waals surface area (Å²) < 4.78 is 0. The van der Waals surface area contributed by atoms with Gasteiger partial charge in [0.05, 0.1) is 11.2 Å². The van der Waals surface area contributed by atoms with Crippen molar-refractivity contribution in [1.29, 1.82) is 0 Å². The summed E-state index contributed by atoms with van der Waals surface area (Å²) >= 11 is 0. The van der Waals surface area contributed by atoms with Crippen LogP contribution >= 0.6 is 0 Å². The average Bonchev–Trinajstić information content (AvgIpc) is 3.24. The second-order valence-corrected chi connectivity index (χ2v) is 9.97. The monoisotopic (exact) mass is 302 g/mol. The van der Waals surface area contributed by atoms with Crippen molar-refractivity contribution in [3.8, 4) is 0 Å². The van der Waals surface area contributed by atoms with Gasteiger partial charge in [-0.1, -0.05) is 0 Å². The molecule has 6 aliphatic carbocycles. The van der Waals surface area contributed by atoms with E-state index in [4.69, 9.17) is 0 Å². The van der Waals surface area contributed by atoms with E-state index in [2.05, 4.69) is 0 Å². The lowest BCUT2D eigenvalue weighted by Gasteiger charge is -2.47. The molecule has 0 saturated heterocycles. The van der Waals surface area contributed by atoms with Crippen molar-refractivity contribution < 1.29 is 10.2 Å². The predicted molar refractivity (Wildman–Crippen MR) is 84.0 cm³/mol. The molecule has 0 aromatic carbocycles. The molecule has 2 nitrogen and oxygen atoms in total. The van der Waals surface area contributed by atoms with Crippen LogP contribution in [0, 0.1) is 47.3 Å². The maximum atomic E-state index is 11.9. The van der Waals surface area contributed by atoms with E-state index in [9.17, 15) is 10.2 Å².